The average Bonchev–Trinajstić information content (AvgIpc) is 3.17. The van der Waals surface area contributed by atoms with Crippen LogP contribution in [0.1, 0.15) is 119 Å². The molecule has 4 rings (SSSR count). The number of allylic oxidation sites excluding steroid dienone is 3. The molecule has 0 aromatic heterocycles. The predicted molar refractivity (Wildman–Crippen MR) is 206 cm³/mol. The first-order chi connectivity index (χ1) is 26.1. The van der Waals surface area contributed by atoms with E-state index in [4.69, 9.17) is 18.9 Å². The average molecular weight is 776 g/mol. The summed E-state index contributed by atoms with van der Waals surface area (Å²) in [7, 11) is 3.08. The van der Waals surface area contributed by atoms with E-state index in [-0.39, 0.29) is 56.0 Å². The minimum Gasteiger partial charge on any atom is -0.456 e. The number of aliphatic hydroxyl groups is 3. The first-order valence-electron chi connectivity index (χ1n) is 20.8. The van der Waals surface area contributed by atoms with E-state index in [0.717, 1.165) is 36.8 Å². The number of piperidine rings is 1. The van der Waals surface area contributed by atoms with Crippen LogP contribution in [-0.2, 0) is 38.1 Å². The smallest absolute Gasteiger partial charge is 0.329 e. The molecule has 1 aliphatic carbocycles. The highest BCUT2D eigenvalue weighted by Gasteiger charge is 2.56. The summed E-state index contributed by atoms with van der Waals surface area (Å²) in [6.07, 6.45) is 6.75. The summed E-state index contributed by atoms with van der Waals surface area (Å²) in [6.45, 7) is 11.5. The van der Waals surface area contributed by atoms with Crippen LogP contribution in [-0.4, -0.2) is 113 Å². The standard InChI is InChI=1S/C43H69NO11/c1-9-32-19-25(2)18-26(3)20-36(52-7)39-37(53-8)22-28(5)43(51,55-39)40(48)41(49)44-17-11-10-12-33(44)42(50)54-38(29(6)34(46)23-35(32)47)27(4)21-30-13-15-31(24-45)16-14-30/h19,21,26,28-34,36-39,45-46,51H,9-18,20,22-24H2,1-8H3/b25-19+,27-21+/t26-,28+,29+,30?,31?,32+,33-,34-,36-,37-,38+,39+,43+/m0/s1. The van der Waals surface area contributed by atoms with Gasteiger partial charge in [-0.15, -0.1) is 0 Å². The summed E-state index contributed by atoms with van der Waals surface area (Å²) in [6, 6.07) is -1.10. The highest BCUT2D eigenvalue weighted by atomic mass is 16.7. The molecule has 2 saturated heterocycles. The molecular weight excluding hydrogens is 706 g/mol. The summed E-state index contributed by atoms with van der Waals surface area (Å²) in [4.78, 5) is 57.6. The first kappa shape index (κ1) is 45.2. The maximum Gasteiger partial charge on any atom is 0.329 e. The van der Waals surface area contributed by atoms with Crippen molar-refractivity contribution in [1.82, 2.24) is 4.90 Å². The molecule has 1 amide bonds. The number of aliphatic hydroxyl groups excluding tert-OH is 2. The summed E-state index contributed by atoms with van der Waals surface area (Å²) in [5.41, 5.74) is 1.75. The number of hydrogen-bond acceptors (Lipinski definition) is 11. The van der Waals surface area contributed by atoms with E-state index in [0.29, 0.717) is 32.1 Å². The number of rotatable bonds is 6. The molecule has 0 unspecified atom stereocenters. The van der Waals surface area contributed by atoms with Crippen LogP contribution < -0.4 is 0 Å². The maximum absolute atomic E-state index is 14.2. The van der Waals surface area contributed by atoms with Crippen LogP contribution in [0.25, 0.3) is 0 Å². The van der Waals surface area contributed by atoms with Gasteiger partial charge >= 0.3 is 5.97 Å². The van der Waals surface area contributed by atoms with E-state index in [1.54, 1.807) is 13.8 Å². The fraction of sp³-hybridized carbons (Fsp3) is 0.814. The van der Waals surface area contributed by atoms with E-state index < -0.39 is 77.8 Å². The number of methoxy groups -OCH3 is 2. The second kappa shape index (κ2) is 20.3. The number of hydrogen-bond donors (Lipinski definition) is 3. The van der Waals surface area contributed by atoms with Gasteiger partial charge in [0.15, 0.2) is 0 Å². The van der Waals surface area contributed by atoms with Crippen molar-refractivity contribution in [2.45, 2.75) is 161 Å². The van der Waals surface area contributed by atoms with Crippen molar-refractivity contribution >= 4 is 23.4 Å². The zero-order valence-electron chi connectivity index (χ0n) is 34.5. The molecule has 3 N–H and O–H groups in total. The van der Waals surface area contributed by atoms with Crippen molar-refractivity contribution in [3.8, 4) is 0 Å². The third kappa shape index (κ3) is 10.9. The zero-order valence-corrected chi connectivity index (χ0v) is 34.5. The van der Waals surface area contributed by atoms with Crippen molar-refractivity contribution in [3.63, 3.8) is 0 Å². The molecule has 55 heavy (non-hydrogen) atoms. The maximum atomic E-state index is 14.2. The lowest BCUT2D eigenvalue weighted by atomic mass is 9.80. The fourth-order valence-electron chi connectivity index (χ4n) is 9.38. The minimum atomic E-state index is -2.48. The number of nitrogens with zero attached hydrogens (tertiary/aromatic N) is 1. The Kier molecular flexibility index (Phi) is 16.7. The Morgan fingerprint density at radius 3 is 2.25 bits per heavy atom. The Morgan fingerprint density at radius 2 is 1.64 bits per heavy atom. The van der Waals surface area contributed by atoms with Gasteiger partial charge in [-0.2, -0.15) is 0 Å². The second-order valence-electron chi connectivity index (χ2n) is 17.2. The molecule has 0 aromatic rings. The molecule has 11 atom stereocenters. The number of cyclic esters (lactones) is 1. The van der Waals surface area contributed by atoms with Crippen LogP contribution in [0.15, 0.2) is 23.3 Å². The Hall–Kier alpha value is -2.48. The molecule has 3 heterocycles. The molecule has 0 aromatic carbocycles. The van der Waals surface area contributed by atoms with Gasteiger partial charge in [-0.3, -0.25) is 14.4 Å². The number of ether oxygens (including phenoxy) is 4. The van der Waals surface area contributed by atoms with Gasteiger partial charge in [0, 0.05) is 51.5 Å². The highest BCUT2D eigenvalue weighted by Crippen LogP contribution is 2.39. The number of fused-ring (bicyclic) bond motifs is 3. The Balaban J connectivity index is 1.75. The van der Waals surface area contributed by atoms with Gasteiger partial charge in [-0.05, 0) is 108 Å². The summed E-state index contributed by atoms with van der Waals surface area (Å²) < 4.78 is 24.2. The highest BCUT2D eigenvalue weighted by molar-refractivity contribution is 6.39. The van der Waals surface area contributed by atoms with Crippen LogP contribution in [0, 0.1) is 35.5 Å². The lowest BCUT2D eigenvalue weighted by molar-refractivity contribution is -0.302. The molecule has 12 heteroatoms. The van der Waals surface area contributed by atoms with Gasteiger partial charge in [0.05, 0.1) is 18.3 Å². The molecule has 0 spiro atoms. The third-order valence-electron chi connectivity index (χ3n) is 12.9. The molecule has 312 valence electrons. The number of carbonyl (C=O) groups excluding carboxylic acids is 4. The van der Waals surface area contributed by atoms with E-state index in [2.05, 4.69) is 13.0 Å². The van der Waals surface area contributed by atoms with Gasteiger partial charge in [0.1, 0.15) is 24.0 Å². The topological polar surface area (TPSA) is 169 Å². The largest absolute Gasteiger partial charge is 0.456 e. The number of amides is 1. The van der Waals surface area contributed by atoms with E-state index in [1.807, 2.05) is 26.8 Å². The van der Waals surface area contributed by atoms with Crippen molar-refractivity contribution in [1.29, 1.82) is 0 Å². The lowest BCUT2D eigenvalue weighted by Gasteiger charge is -2.47. The van der Waals surface area contributed by atoms with Crippen molar-refractivity contribution in [2.75, 3.05) is 27.4 Å². The molecule has 4 aliphatic rings. The van der Waals surface area contributed by atoms with Crippen molar-refractivity contribution < 1.29 is 53.4 Å². The quantitative estimate of drug-likeness (QED) is 0.187. The van der Waals surface area contributed by atoms with Crippen LogP contribution in [0.5, 0.6) is 0 Å². The Bertz CT molecular complexity index is 1390. The van der Waals surface area contributed by atoms with E-state index in [9.17, 15) is 34.5 Å². The second-order valence-corrected chi connectivity index (χ2v) is 17.2. The number of Topliss-reactive ketones (excluding diaryl/α,β-unsaturated/α-hetero) is 2. The normalized spacial score (nSPS) is 40.7. The van der Waals surface area contributed by atoms with Crippen molar-refractivity contribution in [2.24, 2.45) is 35.5 Å². The monoisotopic (exact) mass is 775 g/mol. The first-order valence-corrected chi connectivity index (χ1v) is 20.8. The number of carbonyl (C=O) groups is 4. The molecule has 0 radical (unpaired) electrons. The van der Waals surface area contributed by atoms with Gasteiger partial charge in [0.25, 0.3) is 11.7 Å². The van der Waals surface area contributed by atoms with E-state index >= 15 is 0 Å². The molecule has 12 nitrogen and oxygen atoms in total. The molecule has 3 fully saturated rings. The minimum absolute atomic E-state index is 0.0471. The summed E-state index contributed by atoms with van der Waals surface area (Å²) >= 11 is 0. The van der Waals surface area contributed by atoms with Gasteiger partial charge in [0.2, 0.25) is 5.79 Å². The lowest BCUT2D eigenvalue weighted by Crippen LogP contribution is -2.64. The molecule has 3 aliphatic heterocycles. The van der Waals surface area contributed by atoms with Crippen LogP contribution in [0.3, 0.4) is 0 Å². The number of ketones is 2. The fourth-order valence-corrected chi connectivity index (χ4v) is 9.38. The summed E-state index contributed by atoms with van der Waals surface area (Å²) in [5.74, 6) is -6.84. The Morgan fingerprint density at radius 1 is 0.982 bits per heavy atom. The van der Waals surface area contributed by atoms with E-state index in [1.165, 1.54) is 19.1 Å². The van der Waals surface area contributed by atoms with Crippen molar-refractivity contribution in [3.05, 3.63) is 23.3 Å². The molecule has 1 saturated carbocycles. The van der Waals surface area contributed by atoms with Gasteiger partial charge in [-0.25, -0.2) is 4.79 Å². The van der Waals surface area contributed by atoms with Crippen LogP contribution >= 0.6 is 0 Å². The van der Waals surface area contributed by atoms with Gasteiger partial charge in [-0.1, -0.05) is 45.4 Å². The van der Waals surface area contributed by atoms with Gasteiger partial charge < -0.3 is 39.2 Å². The number of esters is 1. The molecular formula is C43H69NO11. The zero-order chi connectivity index (χ0) is 40.6. The van der Waals surface area contributed by atoms with Crippen LogP contribution in [0.4, 0.5) is 0 Å². The summed E-state index contributed by atoms with van der Waals surface area (Å²) in [5, 5.41) is 33.3. The molecule has 2 bridgehead atoms. The predicted octanol–water partition coefficient (Wildman–Crippen LogP) is 5.10. The Labute approximate surface area is 328 Å². The third-order valence-corrected chi connectivity index (χ3v) is 12.9. The van der Waals surface area contributed by atoms with Crippen LogP contribution in [0.2, 0.25) is 0 Å². The SMILES string of the molecule is CC[C@@H]1/C=C(\C)C[C@H](C)C[C@H](OC)[C@H]2O[C@@](O)(C(=O)C(=O)N3CCCC[C@H]3C(=O)O[C@H](/C(C)=C/C3CCC(CO)CC3)[C@H](C)[C@@H](O)CC1=O)[C@H](C)C[C@@H]2OC.